The molecule has 3 heterocycles. The molecule has 8 nitrogen and oxygen atoms in total. The van der Waals surface area contributed by atoms with Gasteiger partial charge in [0.15, 0.2) is 0 Å². The number of fused-ring (bicyclic) bond motifs is 1. The molecule has 1 N–H and O–H groups in total. The molecular weight excluding hydrogens is 451 g/mol. The number of carbonyl (C=O) groups excluding carboxylic acids is 2. The maximum Gasteiger partial charge on any atom is 0.433 e. The zero-order valence-electron chi connectivity index (χ0n) is 18.8. The van der Waals surface area contributed by atoms with Gasteiger partial charge in [-0.25, -0.2) is 9.97 Å². The van der Waals surface area contributed by atoms with Gasteiger partial charge in [-0.3, -0.25) is 9.59 Å². The van der Waals surface area contributed by atoms with Crippen LogP contribution in [0.2, 0.25) is 0 Å². The van der Waals surface area contributed by atoms with Crippen molar-refractivity contribution in [2.45, 2.75) is 31.9 Å². The molecule has 0 saturated carbocycles. The number of benzene rings is 1. The van der Waals surface area contributed by atoms with Crippen molar-refractivity contribution in [3.8, 4) is 0 Å². The SMILES string of the molecule is COC(=O)CCc1nc2cc(N3CCCC3)c(NC(=O)c3cccc(C(F)(F)F)n3)cc2n1C. The molecule has 34 heavy (non-hydrogen) atoms. The number of nitrogens with zero attached hydrogens (tertiary/aromatic N) is 4. The number of amides is 1. The number of pyridine rings is 1. The lowest BCUT2D eigenvalue weighted by Gasteiger charge is -2.22. The lowest BCUT2D eigenvalue weighted by molar-refractivity contribution is -0.141. The normalized spacial score (nSPS) is 14.0. The van der Waals surface area contributed by atoms with Gasteiger partial charge in [0.2, 0.25) is 0 Å². The van der Waals surface area contributed by atoms with Crippen molar-refractivity contribution < 1.29 is 27.5 Å². The minimum Gasteiger partial charge on any atom is -0.469 e. The second kappa shape index (κ2) is 9.32. The van der Waals surface area contributed by atoms with E-state index in [1.54, 1.807) is 13.1 Å². The number of hydrogen-bond donors (Lipinski definition) is 1. The molecule has 0 bridgehead atoms. The molecule has 2 aromatic heterocycles. The predicted molar refractivity (Wildman–Crippen MR) is 120 cm³/mol. The minimum atomic E-state index is -4.65. The summed E-state index contributed by atoms with van der Waals surface area (Å²) in [5.74, 6) is -0.402. The Morgan fingerprint density at radius 1 is 1.15 bits per heavy atom. The first-order valence-electron chi connectivity index (χ1n) is 10.8. The maximum atomic E-state index is 13.0. The molecule has 1 aliphatic heterocycles. The quantitative estimate of drug-likeness (QED) is 0.543. The van der Waals surface area contributed by atoms with Crippen molar-refractivity contribution >= 4 is 34.3 Å². The van der Waals surface area contributed by atoms with E-state index in [2.05, 4.69) is 20.2 Å². The first kappa shape index (κ1) is 23.5. The first-order chi connectivity index (χ1) is 16.2. The van der Waals surface area contributed by atoms with E-state index in [4.69, 9.17) is 4.74 Å². The van der Waals surface area contributed by atoms with Crippen molar-refractivity contribution in [1.29, 1.82) is 0 Å². The first-order valence-corrected chi connectivity index (χ1v) is 10.8. The summed E-state index contributed by atoms with van der Waals surface area (Å²) in [4.78, 5) is 34.7. The predicted octanol–water partition coefficient (Wildman–Crippen LogP) is 3.95. The monoisotopic (exact) mass is 475 g/mol. The molecule has 1 fully saturated rings. The number of halogens is 3. The molecule has 0 spiro atoms. The van der Waals surface area contributed by atoms with Crippen LogP contribution >= 0.6 is 0 Å². The number of imidazole rings is 1. The number of hydrogen-bond acceptors (Lipinski definition) is 6. The zero-order valence-corrected chi connectivity index (χ0v) is 18.8. The summed E-state index contributed by atoms with van der Waals surface area (Å²) in [5, 5.41) is 2.74. The number of esters is 1. The highest BCUT2D eigenvalue weighted by Crippen LogP contribution is 2.34. The van der Waals surface area contributed by atoms with Crippen LogP contribution in [0.5, 0.6) is 0 Å². The number of ether oxygens (including phenoxy) is 1. The Bertz CT molecular complexity index is 1230. The molecule has 1 aliphatic rings. The summed E-state index contributed by atoms with van der Waals surface area (Å²) in [6.45, 7) is 1.58. The van der Waals surface area contributed by atoms with Crippen LogP contribution in [0.4, 0.5) is 24.5 Å². The van der Waals surface area contributed by atoms with Gasteiger partial charge in [-0.15, -0.1) is 0 Å². The number of anilines is 2. The van der Waals surface area contributed by atoms with Crippen LogP contribution in [0.15, 0.2) is 30.3 Å². The Labute approximate surface area is 193 Å². The zero-order chi connectivity index (χ0) is 24.5. The molecule has 3 aromatic rings. The van der Waals surface area contributed by atoms with Crippen LogP contribution < -0.4 is 10.2 Å². The average molecular weight is 475 g/mol. The van der Waals surface area contributed by atoms with E-state index in [-0.39, 0.29) is 18.1 Å². The number of aryl methyl sites for hydroxylation is 2. The molecule has 1 aromatic carbocycles. The Kier molecular flexibility index (Phi) is 6.45. The van der Waals surface area contributed by atoms with Crippen molar-refractivity contribution in [2.24, 2.45) is 7.05 Å². The second-order valence-electron chi connectivity index (χ2n) is 8.08. The number of rotatable bonds is 6. The lowest BCUT2D eigenvalue weighted by Crippen LogP contribution is -2.22. The summed E-state index contributed by atoms with van der Waals surface area (Å²) < 4.78 is 45.7. The minimum absolute atomic E-state index is 0.178. The van der Waals surface area contributed by atoms with Gasteiger partial charge >= 0.3 is 12.1 Å². The van der Waals surface area contributed by atoms with Crippen LogP contribution in [0.3, 0.4) is 0 Å². The summed E-state index contributed by atoms with van der Waals surface area (Å²) in [7, 11) is 3.13. The topological polar surface area (TPSA) is 89.3 Å². The van der Waals surface area contributed by atoms with Gasteiger partial charge in [0, 0.05) is 26.6 Å². The number of nitrogens with one attached hydrogen (secondary N) is 1. The fourth-order valence-electron chi connectivity index (χ4n) is 4.04. The molecule has 1 amide bonds. The van der Waals surface area contributed by atoms with Gasteiger partial charge in [0.1, 0.15) is 17.2 Å². The highest BCUT2D eigenvalue weighted by Gasteiger charge is 2.33. The Balaban J connectivity index is 1.70. The molecule has 0 radical (unpaired) electrons. The van der Waals surface area contributed by atoms with Crippen LogP contribution in [-0.4, -0.2) is 46.6 Å². The fourth-order valence-corrected chi connectivity index (χ4v) is 4.04. The average Bonchev–Trinajstić information content (AvgIpc) is 3.45. The van der Waals surface area contributed by atoms with E-state index in [0.717, 1.165) is 49.3 Å². The highest BCUT2D eigenvalue weighted by molar-refractivity contribution is 6.06. The Morgan fingerprint density at radius 2 is 1.88 bits per heavy atom. The number of methoxy groups -OCH3 is 1. The van der Waals surface area contributed by atoms with E-state index >= 15 is 0 Å². The van der Waals surface area contributed by atoms with E-state index in [9.17, 15) is 22.8 Å². The van der Waals surface area contributed by atoms with Gasteiger partial charge in [0.05, 0.1) is 35.9 Å². The van der Waals surface area contributed by atoms with Crippen molar-refractivity contribution in [1.82, 2.24) is 14.5 Å². The molecule has 0 aliphatic carbocycles. The molecule has 0 unspecified atom stereocenters. The summed E-state index contributed by atoms with van der Waals surface area (Å²) in [6, 6.07) is 6.84. The van der Waals surface area contributed by atoms with Crippen LogP contribution in [-0.2, 0) is 29.2 Å². The third-order valence-corrected chi connectivity index (χ3v) is 5.84. The third kappa shape index (κ3) is 4.82. The number of aromatic nitrogens is 3. The molecule has 11 heteroatoms. The smallest absolute Gasteiger partial charge is 0.433 e. The lowest BCUT2D eigenvalue weighted by atomic mass is 10.2. The second-order valence-corrected chi connectivity index (χ2v) is 8.08. The molecule has 180 valence electrons. The molecule has 0 atom stereocenters. The Morgan fingerprint density at radius 3 is 2.56 bits per heavy atom. The Hall–Kier alpha value is -3.63. The third-order valence-electron chi connectivity index (χ3n) is 5.84. The van der Waals surface area contributed by atoms with E-state index in [0.29, 0.717) is 23.4 Å². The molecule has 1 saturated heterocycles. The van der Waals surface area contributed by atoms with Gasteiger partial charge in [0.25, 0.3) is 5.91 Å². The maximum absolute atomic E-state index is 13.0. The summed E-state index contributed by atoms with van der Waals surface area (Å²) >= 11 is 0. The van der Waals surface area contributed by atoms with Crippen LogP contribution in [0, 0.1) is 0 Å². The fraction of sp³-hybridized carbons (Fsp3) is 0.391. The van der Waals surface area contributed by atoms with Gasteiger partial charge in [-0.2, -0.15) is 13.2 Å². The van der Waals surface area contributed by atoms with Gasteiger partial charge in [-0.1, -0.05) is 6.07 Å². The summed E-state index contributed by atoms with van der Waals surface area (Å²) in [6.07, 6.45) is -2.10. The van der Waals surface area contributed by atoms with Crippen LogP contribution in [0.1, 0.15) is 41.3 Å². The standard InChI is InChI=1S/C23H24F3N5O3/c1-30-17-12-16(29-22(33)14-6-5-7-19(27-14)23(24,25)26)18(31-10-3-4-11-31)13-15(17)28-20(30)8-9-21(32)34-2/h5-7,12-13H,3-4,8-11H2,1-2H3,(H,29,33). The highest BCUT2D eigenvalue weighted by atomic mass is 19.4. The van der Waals surface area contributed by atoms with E-state index in [1.165, 1.54) is 13.2 Å². The van der Waals surface area contributed by atoms with Crippen molar-refractivity contribution in [3.05, 3.63) is 47.5 Å². The van der Waals surface area contributed by atoms with Crippen LogP contribution in [0.25, 0.3) is 11.0 Å². The molecule has 4 rings (SSSR count). The number of carbonyl (C=O) groups is 2. The number of alkyl halides is 3. The van der Waals surface area contributed by atoms with E-state index in [1.807, 2.05) is 10.6 Å². The van der Waals surface area contributed by atoms with Crippen molar-refractivity contribution in [2.75, 3.05) is 30.4 Å². The van der Waals surface area contributed by atoms with Gasteiger partial charge in [-0.05, 0) is 37.1 Å². The summed E-state index contributed by atoms with van der Waals surface area (Å²) in [5.41, 5.74) is 1.15. The van der Waals surface area contributed by atoms with Crippen molar-refractivity contribution in [3.63, 3.8) is 0 Å². The van der Waals surface area contributed by atoms with Gasteiger partial charge < -0.3 is 19.5 Å². The van der Waals surface area contributed by atoms with E-state index < -0.39 is 17.8 Å². The molecular formula is C23H24F3N5O3. The largest absolute Gasteiger partial charge is 0.469 e.